The second kappa shape index (κ2) is 5.37. The average Bonchev–Trinajstić information content (AvgIpc) is 3.23. The molecule has 0 unspecified atom stereocenters. The molecule has 0 aromatic carbocycles. The first-order valence-corrected chi connectivity index (χ1v) is 8.93. The van der Waals surface area contributed by atoms with E-state index < -0.39 is 0 Å². The number of hydrogen-bond donors (Lipinski definition) is 2. The van der Waals surface area contributed by atoms with Crippen LogP contribution in [-0.2, 0) is 19.4 Å². The molecule has 0 saturated heterocycles. The number of nitrogens with one attached hydrogen (secondary N) is 1. The van der Waals surface area contributed by atoms with E-state index in [0.717, 1.165) is 34.4 Å². The zero-order valence-corrected chi connectivity index (χ0v) is 13.5. The Bertz CT molecular complexity index is 852. The van der Waals surface area contributed by atoms with E-state index in [9.17, 15) is 4.79 Å². The number of fused-ring (bicyclic) bond motifs is 2. The fourth-order valence-electron chi connectivity index (χ4n) is 2.83. The molecule has 1 aliphatic carbocycles. The quantitative estimate of drug-likeness (QED) is 0.774. The average molecular weight is 329 g/mol. The molecule has 3 aromatic rings. The van der Waals surface area contributed by atoms with Crippen molar-refractivity contribution in [2.45, 2.75) is 25.8 Å². The van der Waals surface area contributed by atoms with Crippen molar-refractivity contribution in [2.24, 2.45) is 0 Å². The molecule has 4 rings (SSSR count). The molecule has 0 aliphatic heterocycles. The first-order valence-electron chi connectivity index (χ1n) is 7.23. The van der Waals surface area contributed by atoms with Gasteiger partial charge in [-0.2, -0.15) is 0 Å². The molecular formula is C16H15N3OS2. The van der Waals surface area contributed by atoms with Crippen molar-refractivity contribution in [1.82, 2.24) is 10.3 Å². The predicted molar refractivity (Wildman–Crippen MR) is 91.5 cm³/mol. The van der Waals surface area contributed by atoms with Crippen LogP contribution in [0.15, 0.2) is 23.6 Å². The molecule has 1 amide bonds. The van der Waals surface area contributed by atoms with Crippen LogP contribution in [0.25, 0.3) is 10.2 Å². The Morgan fingerprint density at radius 2 is 2.32 bits per heavy atom. The number of nitrogen functional groups attached to an aromatic ring is 1. The van der Waals surface area contributed by atoms with Gasteiger partial charge < -0.3 is 11.1 Å². The van der Waals surface area contributed by atoms with Gasteiger partial charge in [-0.15, -0.1) is 22.7 Å². The number of nitrogens with two attached hydrogens (primary N) is 1. The molecule has 22 heavy (non-hydrogen) atoms. The highest BCUT2D eigenvalue weighted by Crippen LogP contribution is 2.35. The zero-order chi connectivity index (χ0) is 15.1. The summed E-state index contributed by atoms with van der Waals surface area (Å²) in [5, 5.41) is 5.86. The topological polar surface area (TPSA) is 68.0 Å². The lowest BCUT2D eigenvalue weighted by Gasteiger charge is -2.02. The predicted octanol–water partition coefficient (Wildman–Crippen LogP) is 3.36. The van der Waals surface area contributed by atoms with Crippen molar-refractivity contribution in [2.75, 3.05) is 5.73 Å². The highest BCUT2D eigenvalue weighted by molar-refractivity contribution is 7.21. The molecule has 0 fully saturated rings. The minimum Gasteiger partial charge on any atom is -0.397 e. The van der Waals surface area contributed by atoms with E-state index in [-0.39, 0.29) is 5.91 Å². The van der Waals surface area contributed by atoms with Gasteiger partial charge in [0.1, 0.15) is 9.71 Å². The fraction of sp³-hybridized carbons (Fsp3) is 0.250. The maximum absolute atomic E-state index is 12.4. The third kappa shape index (κ3) is 2.28. The van der Waals surface area contributed by atoms with E-state index in [4.69, 9.17) is 10.7 Å². The maximum Gasteiger partial charge on any atom is 0.263 e. The van der Waals surface area contributed by atoms with Crippen LogP contribution in [0.1, 0.15) is 32.2 Å². The molecule has 0 bridgehead atoms. The van der Waals surface area contributed by atoms with E-state index in [1.807, 2.05) is 17.5 Å². The number of aryl methyl sites for hydroxylation is 2. The van der Waals surface area contributed by atoms with Crippen LogP contribution in [0.5, 0.6) is 0 Å². The number of thiophene rings is 2. The lowest BCUT2D eigenvalue weighted by atomic mass is 10.1. The standard InChI is InChI=1S/C16H15N3OS2/c17-13-11-7-9-3-1-5-12(9)19-16(11)22-14(13)15(20)18-8-10-4-2-6-21-10/h2,4,6-7H,1,3,5,8,17H2,(H,18,20). The summed E-state index contributed by atoms with van der Waals surface area (Å²) in [7, 11) is 0. The Labute approximate surface area is 136 Å². The van der Waals surface area contributed by atoms with Crippen LogP contribution >= 0.6 is 22.7 Å². The van der Waals surface area contributed by atoms with Crippen LogP contribution in [-0.4, -0.2) is 10.9 Å². The molecule has 3 heterocycles. The van der Waals surface area contributed by atoms with Crippen molar-refractivity contribution in [3.8, 4) is 0 Å². The van der Waals surface area contributed by atoms with E-state index in [2.05, 4.69) is 11.4 Å². The van der Waals surface area contributed by atoms with Crippen molar-refractivity contribution < 1.29 is 4.79 Å². The second-order valence-electron chi connectivity index (χ2n) is 5.41. The summed E-state index contributed by atoms with van der Waals surface area (Å²) < 4.78 is 0. The van der Waals surface area contributed by atoms with Gasteiger partial charge in [0.05, 0.1) is 12.2 Å². The fourth-order valence-corrected chi connectivity index (χ4v) is 4.48. The SMILES string of the molecule is Nc1c(C(=O)NCc2cccs2)sc2nc3c(cc12)CCC3. The molecule has 3 aromatic heterocycles. The van der Waals surface area contributed by atoms with E-state index in [1.54, 1.807) is 11.3 Å². The highest BCUT2D eigenvalue weighted by Gasteiger charge is 2.20. The summed E-state index contributed by atoms with van der Waals surface area (Å²) in [6, 6.07) is 6.10. The molecular weight excluding hydrogens is 314 g/mol. The lowest BCUT2D eigenvalue weighted by molar-refractivity contribution is 0.0956. The van der Waals surface area contributed by atoms with Crippen LogP contribution in [0.3, 0.4) is 0 Å². The van der Waals surface area contributed by atoms with Crippen LogP contribution in [0.2, 0.25) is 0 Å². The van der Waals surface area contributed by atoms with E-state index >= 15 is 0 Å². The van der Waals surface area contributed by atoms with Gasteiger partial charge >= 0.3 is 0 Å². The Kier molecular flexibility index (Phi) is 3.35. The summed E-state index contributed by atoms with van der Waals surface area (Å²) in [6.07, 6.45) is 3.25. The first kappa shape index (κ1) is 13.7. The number of amides is 1. The van der Waals surface area contributed by atoms with Gasteiger partial charge in [0, 0.05) is 16.0 Å². The largest absolute Gasteiger partial charge is 0.397 e. The van der Waals surface area contributed by atoms with Crippen molar-refractivity contribution in [1.29, 1.82) is 0 Å². The number of rotatable bonds is 3. The number of nitrogens with zero attached hydrogens (tertiary/aromatic N) is 1. The molecule has 3 N–H and O–H groups in total. The lowest BCUT2D eigenvalue weighted by Crippen LogP contribution is -2.22. The summed E-state index contributed by atoms with van der Waals surface area (Å²) in [6.45, 7) is 0.536. The summed E-state index contributed by atoms with van der Waals surface area (Å²) in [5.74, 6) is -0.117. The van der Waals surface area contributed by atoms with Gasteiger partial charge in [-0.25, -0.2) is 4.98 Å². The number of anilines is 1. The molecule has 0 spiro atoms. The van der Waals surface area contributed by atoms with E-state index in [0.29, 0.717) is 17.1 Å². The maximum atomic E-state index is 12.4. The molecule has 1 aliphatic rings. The van der Waals surface area contributed by atoms with Gasteiger partial charge in [-0.05, 0) is 42.3 Å². The summed E-state index contributed by atoms with van der Waals surface area (Å²) >= 11 is 3.02. The number of hydrogen-bond acceptors (Lipinski definition) is 5. The Hall–Kier alpha value is -1.92. The minimum absolute atomic E-state index is 0.117. The Balaban J connectivity index is 1.64. The molecule has 0 radical (unpaired) electrons. The van der Waals surface area contributed by atoms with Crippen LogP contribution in [0, 0.1) is 0 Å². The molecule has 0 atom stereocenters. The first-order chi connectivity index (χ1) is 10.7. The van der Waals surface area contributed by atoms with E-state index in [1.165, 1.54) is 22.6 Å². The molecule has 4 nitrogen and oxygen atoms in total. The van der Waals surface area contributed by atoms with Crippen LogP contribution < -0.4 is 11.1 Å². The number of carbonyl (C=O) groups excluding carboxylic acids is 1. The number of carbonyl (C=O) groups is 1. The third-order valence-electron chi connectivity index (χ3n) is 3.96. The third-order valence-corrected chi connectivity index (χ3v) is 5.95. The normalized spacial score (nSPS) is 13.5. The van der Waals surface area contributed by atoms with Gasteiger partial charge in [0.25, 0.3) is 5.91 Å². The summed E-state index contributed by atoms with van der Waals surface area (Å²) in [5.41, 5.74) is 9.20. The monoisotopic (exact) mass is 329 g/mol. The summed E-state index contributed by atoms with van der Waals surface area (Å²) in [4.78, 5) is 19.6. The van der Waals surface area contributed by atoms with Gasteiger partial charge in [-0.3, -0.25) is 4.79 Å². The van der Waals surface area contributed by atoms with Crippen LogP contribution in [0.4, 0.5) is 5.69 Å². The Morgan fingerprint density at radius 1 is 1.41 bits per heavy atom. The van der Waals surface area contributed by atoms with Gasteiger partial charge in [0.2, 0.25) is 0 Å². The zero-order valence-electron chi connectivity index (χ0n) is 11.9. The number of aromatic nitrogens is 1. The van der Waals surface area contributed by atoms with Crippen molar-refractivity contribution in [3.05, 3.63) is 44.6 Å². The number of pyridine rings is 1. The smallest absolute Gasteiger partial charge is 0.263 e. The van der Waals surface area contributed by atoms with Crippen molar-refractivity contribution in [3.63, 3.8) is 0 Å². The van der Waals surface area contributed by atoms with Crippen molar-refractivity contribution >= 4 is 44.5 Å². The van der Waals surface area contributed by atoms with Gasteiger partial charge in [0.15, 0.2) is 0 Å². The minimum atomic E-state index is -0.117. The highest BCUT2D eigenvalue weighted by atomic mass is 32.1. The Morgan fingerprint density at radius 3 is 3.14 bits per heavy atom. The molecule has 112 valence electrons. The second-order valence-corrected chi connectivity index (χ2v) is 7.44. The van der Waals surface area contributed by atoms with Gasteiger partial charge in [-0.1, -0.05) is 6.07 Å². The molecule has 0 saturated carbocycles. The molecule has 6 heteroatoms.